The van der Waals surface area contributed by atoms with Crippen molar-refractivity contribution in [1.29, 1.82) is 0 Å². The molecule has 3 nitrogen and oxygen atoms in total. The van der Waals surface area contributed by atoms with Gasteiger partial charge in [-0.25, -0.2) is 15.0 Å². The molecule has 0 saturated heterocycles. The van der Waals surface area contributed by atoms with Crippen LogP contribution in [0.2, 0.25) is 0 Å². The zero-order chi connectivity index (χ0) is 16.1. The highest BCUT2D eigenvalue weighted by molar-refractivity contribution is 7.99. The average molecular weight is 317 g/mol. The molecule has 0 aliphatic heterocycles. The van der Waals surface area contributed by atoms with Crippen molar-refractivity contribution in [3.8, 4) is 11.5 Å². The first-order valence-corrected chi connectivity index (χ1v) is 7.93. The van der Waals surface area contributed by atoms with E-state index in [0.29, 0.717) is 5.82 Å². The third kappa shape index (κ3) is 3.73. The standard InChI is InChI=1S/C19H15N3S/c1-3-8-16-14(2)13-20-19(22-16)17-11-7-12-18(21-17)23-15-9-5-4-6-10-15/h3-13H,1-2H2/b16-8+. The van der Waals surface area contributed by atoms with Crippen molar-refractivity contribution < 1.29 is 0 Å². The SMILES string of the molecule is C=C/C=c1/nc(-c2cccc(Sc3ccccc3)n2)ncc1=C. The van der Waals surface area contributed by atoms with Crippen LogP contribution < -0.4 is 10.6 Å². The largest absolute Gasteiger partial charge is 0.238 e. The van der Waals surface area contributed by atoms with Crippen LogP contribution in [0.4, 0.5) is 0 Å². The molecule has 112 valence electrons. The fraction of sp³-hybridized carbons (Fsp3) is 0. The third-order valence-corrected chi connectivity index (χ3v) is 4.04. The summed E-state index contributed by atoms with van der Waals surface area (Å²) in [5.41, 5.74) is 0.740. The van der Waals surface area contributed by atoms with E-state index in [0.717, 1.165) is 26.2 Å². The summed E-state index contributed by atoms with van der Waals surface area (Å²) < 4.78 is 0. The van der Waals surface area contributed by atoms with Crippen LogP contribution >= 0.6 is 11.8 Å². The lowest BCUT2D eigenvalue weighted by Crippen LogP contribution is -2.28. The van der Waals surface area contributed by atoms with E-state index in [-0.39, 0.29) is 0 Å². The molecule has 2 heterocycles. The first-order valence-electron chi connectivity index (χ1n) is 7.11. The fourth-order valence-electron chi connectivity index (χ4n) is 2.00. The summed E-state index contributed by atoms with van der Waals surface area (Å²) in [7, 11) is 0. The minimum Gasteiger partial charge on any atom is -0.238 e. The van der Waals surface area contributed by atoms with E-state index >= 15 is 0 Å². The number of hydrogen-bond donors (Lipinski definition) is 0. The van der Waals surface area contributed by atoms with Gasteiger partial charge in [-0.05, 0) is 30.3 Å². The van der Waals surface area contributed by atoms with E-state index in [2.05, 4.69) is 40.2 Å². The molecule has 0 bridgehead atoms. The molecule has 0 aliphatic rings. The maximum atomic E-state index is 4.65. The van der Waals surface area contributed by atoms with Gasteiger partial charge in [0.25, 0.3) is 0 Å². The van der Waals surface area contributed by atoms with E-state index < -0.39 is 0 Å². The van der Waals surface area contributed by atoms with Crippen molar-refractivity contribution in [3.63, 3.8) is 0 Å². The van der Waals surface area contributed by atoms with Crippen LogP contribution in [0.25, 0.3) is 24.2 Å². The summed E-state index contributed by atoms with van der Waals surface area (Å²) in [5.74, 6) is 0.584. The minimum absolute atomic E-state index is 0.584. The van der Waals surface area contributed by atoms with Crippen molar-refractivity contribution in [1.82, 2.24) is 15.0 Å². The maximum Gasteiger partial charge on any atom is 0.178 e. The highest BCUT2D eigenvalue weighted by Gasteiger charge is 2.05. The van der Waals surface area contributed by atoms with Gasteiger partial charge in [0.15, 0.2) is 5.82 Å². The van der Waals surface area contributed by atoms with Crippen molar-refractivity contribution >= 4 is 24.4 Å². The summed E-state index contributed by atoms with van der Waals surface area (Å²) in [6.07, 6.45) is 5.21. The molecule has 1 aromatic carbocycles. The Bertz CT molecular complexity index is 936. The van der Waals surface area contributed by atoms with E-state index in [4.69, 9.17) is 0 Å². The molecule has 3 rings (SSSR count). The number of allylic oxidation sites excluding steroid dienone is 1. The van der Waals surface area contributed by atoms with E-state index in [1.165, 1.54) is 0 Å². The summed E-state index contributed by atoms with van der Waals surface area (Å²) in [6.45, 7) is 7.62. The van der Waals surface area contributed by atoms with Gasteiger partial charge in [-0.2, -0.15) is 0 Å². The maximum absolute atomic E-state index is 4.65. The summed E-state index contributed by atoms with van der Waals surface area (Å²) >= 11 is 1.61. The van der Waals surface area contributed by atoms with Gasteiger partial charge in [-0.3, -0.25) is 0 Å². The molecule has 0 aliphatic carbocycles. The van der Waals surface area contributed by atoms with Gasteiger partial charge < -0.3 is 0 Å². The Kier molecular flexibility index (Phi) is 4.64. The molecular weight excluding hydrogens is 302 g/mol. The lowest BCUT2D eigenvalue weighted by molar-refractivity contribution is 1.05. The lowest BCUT2D eigenvalue weighted by atomic mass is 10.3. The van der Waals surface area contributed by atoms with Gasteiger partial charge in [0.1, 0.15) is 10.7 Å². The second kappa shape index (κ2) is 7.03. The normalized spacial score (nSPS) is 11.4. The molecule has 0 atom stereocenters. The molecule has 0 unspecified atom stereocenters. The third-order valence-electron chi connectivity index (χ3n) is 3.09. The predicted octanol–water partition coefficient (Wildman–Crippen LogP) is 3.07. The molecule has 0 spiro atoms. The van der Waals surface area contributed by atoms with E-state index in [9.17, 15) is 0 Å². The molecule has 23 heavy (non-hydrogen) atoms. The van der Waals surface area contributed by atoms with Gasteiger partial charge in [0, 0.05) is 16.3 Å². The Morgan fingerprint density at radius 2 is 1.78 bits per heavy atom. The zero-order valence-electron chi connectivity index (χ0n) is 12.5. The fourth-order valence-corrected chi connectivity index (χ4v) is 2.83. The molecule has 0 N–H and O–H groups in total. The highest BCUT2D eigenvalue weighted by Crippen LogP contribution is 2.26. The second-order valence-corrected chi connectivity index (χ2v) is 5.88. The van der Waals surface area contributed by atoms with Crippen LogP contribution in [0.1, 0.15) is 0 Å². The van der Waals surface area contributed by atoms with Crippen LogP contribution in [0.3, 0.4) is 0 Å². The minimum atomic E-state index is 0.584. The van der Waals surface area contributed by atoms with Crippen LogP contribution in [-0.4, -0.2) is 15.0 Å². The lowest BCUT2D eigenvalue weighted by Gasteiger charge is -2.04. The molecule has 2 aromatic heterocycles. The number of aromatic nitrogens is 3. The van der Waals surface area contributed by atoms with Crippen molar-refractivity contribution in [2.75, 3.05) is 0 Å². The van der Waals surface area contributed by atoms with Crippen LogP contribution in [-0.2, 0) is 0 Å². The highest BCUT2D eigenvalue weighted by atomic mass is 32.2. The predicted molar refractivity (Wildman–Crippen MR) is 95.3 cm³/mol. The Hall–Kier alpha value is -2.72. The Morgan fingerprint density at radius 1 is 0.957 bits per heavy atom. The summed E-state index contributed by atoms with van der Waals surface area (Å²) in [6, 6.07) is 16.0. The van der Waals surface area contributed by atoms with Crippen molar-refractivity contribution in [2.45, 2.75) is 9.92 Å². The molecule has 0 fully saturated rings. The number of hydrogen-bond acceptors (Lipinski definition) is 4. The molecule has 4 heteroatoms. The Balaban J connectivity index is 1.97. The first-order chi connectivity index (χ1) is 11.3. The molecular formula is C19H15N3S. The second-order valence-electron chi connectivity index (χ2n) is 4.78. The topological polar surface area (TPSA) is 38.7 Å². The number of rotatable bonds is 4. The number of benzene rings is 1. The van der Waals surface area contributed by atoms with Crippen LogP contribution in [0.15, 0.2) is 77.3 Å². The molecule has 0 amide bonds. The molecule has 0 radical (unpaired) electrons. The quantitative estimate of drug-likeness (QED) is 0.741. The summed E-state index contributed by atoms with van der Waals surface area (Å²) in [5, 5.41) is 2.43. The monoisotopic (exact) mass is 317 g/mol. The molecule has 3 aromatic rings. The average Bonchev–Trinajstić information content (AvgIpc) is 2.58. The van der Waals surface area contributed by atoms with Gasteiger partial charge in [0.2, 0.25) is 0 Å². The van der Waals surface area contributed by atoms with Crippen molar-refractivity contribution in [2.24, 2.45) is 0 Å². The van der Waals surface area contributed by atoms with Crippen LogP contribution in [0, 0.1) is 0 Å². The smallest absolute Gasteiger partial charge is 0.178 e. The first kappa shape index (κ1) is 15.2. The van der Waals surface area contributed by atoms with Gasteiger partial charge in [0.05, 0.1) is 5.35 Å². The zero-order valence-corrected chi connectivity index (χ0v) is 13.3. The van der Waals surface area contributed by atoms with E-state index in [1.807, 2.05) is 42.5 Å². The van der Waals surface area contributed by atoms with Gasteiger partial charge in [-0.15, -0.1) is 0 Å². The number of nitrogens with zero attached hydrogens (tertiary/aromatic N) is 3. The van der Waals surface area contributed by atoms with Crippen molar-refractivity contribution in [3.05, 3.63) is 78.0 Å². The van der Waals surface area contributed by atoms with E-state index in [1.54, 1.807) is 24.0 Å². The molecule has 0 saturated carbocycles. The Morgan fingerprint density at radius 3 is 2.57 bits per heavy atom. The van der Waals surface area contributed by atoms with Gasteiger partial charge >= 0.3 is 0 Å². The Labute approximate surface area is 139 Å². The van der Waals surface area contributed by atoms with Gasteiger partial charge in [-0.1, -0.05) is 55.3 Å². The number of pyridine rings is 1. The van der Waals surface area contributed by atoms with Crippen LogP contribution in [0.5, 0.6) is 0 Å². The summed E-state index contributed by atoms with van der Waals surface area (Å²) in [4.78, 5) is 14.6.